The Bertz CT molecular complexity index is 1960. The van der Waals surface area contributed by atoms with E-state index in [1.54, 1.807) is 36.4 Å². The molecule has 0 unspecified atom stereocenters. The number of rotatable bonds is 19. The van der Waals surface area contributed by atoms with Crippen LogP contribution in [-0.4, -0.2) is 99.5 Å². The van der Waals surface area contributed by atoms with Crippen LogP contribution in [0.15, 0.2) is 54.6 Å². The van der Waals surface area contributed by atoms with Crippen LogP contribution in [0.3, 0.4) is 0 Å². The molecule has 326 valence electrons. The van der Waals surface area contributed by atoms with Crippen LogP contribution in [0.25, 0.3) is 11.1 Å². The van der Waals surface area contributed by atoms with Gasteiger partial charge in [0.2, 0.25) is 23.6 Å². The third-order valence-corrected chi connectivity index (χ3v) is 10.6. The zero-order chi connectivity index (χ0) is 43.8. The van der Waals surface area contributed by atoms with Gasteiger partial charge in [0.1, 0.15) is 48.9 Å². The Balaban J connectivity index is 1.78. The number of fused-ring (bicyclic) bond motifs is 5. The minimum Gasteiger partial charge on any atom is -0.492 e. The lowest BCUT2D eigenvalue weighted by molar-refractivity contribution is -0.141. The summed E-state index contributed by atoms with van der Waals surface area (Å²) in [7, 11) is 2.94. The molecule has 0 saturated carbocycles. The molecule has 1 aliphatic rings. The molecule has 4 atom stereocenters. The molecule has 4 bridgehead atoms. The van der Waals surface area contributed by atoms with E-state index in [9.17, 15) is 24.0 Å². The first kappa shape index (κ1) is 47.2. The number of unbranched alkanes of at least 4 members (excludes halogenated alkanes) is 4. The second-order valence-corrected chi connectivity index (χ2v) is 15.2. The first-order valence-corrected chi connectivity index (χ1v) is 21.0. The molecule has 1 heterocycles. The number of hydrogen-bond donors (Lipinski definition) is 7. The minimum absolute atomic E-state index is 0.0697. The fourth-order valence-electron chi connectivity index (χ4n) is 7.36. The van der Waals surface area contributed by atoms with E-state index < -0.39 is 53.7 Å². The molecule has 5 amide bonds. The highest BCUT2D eigenvalue weighted by Gasteiger charge is 2.36. The summed E-state index contributed by atoms with van der Waals surface area (Å²) in [6.07, 6.45) is 6.94. The van der Waals surface area contributed by atoms with E-state index in [0.29, 0.717) is 39.3 Å². The van der Waals surface area contributed by atoms with Gasteiger partial charge < -0.3 is 52.8 Å². The molecule has 0 aromatic heterocycles. The number of nitrogens with one attached hydrogen (secondary N) is 4. The zero-order valence-corrected chi connectivity index (χ0v) is 35.7. The van der Waals surface area contributed by atoms with E-state index in [1.165, 1.54) is 45.2 Å². The monoisotopic (exact) mass is 828 g/mol. The topological polar surface area (TPSA) is 233 Å². The van der Waals surface area contributed by atoms with Gasteiger partial charge in [-0.2, -0.15) is 0 Å². The van der Waals surface area contributed by atoms with Gasteiger partial charge in [0.15, 0.2) is 0 Å². The van der Waals surface area contributed by atoms with Gasteiger partial charge in [-0.1, -0.05) is 56.9 Å². The van der Waals surface area contributed by atoms with E-state index in [-0.39, 0.29) is 45.7 Å². The second-order valence-electron chi connectivity index (χ2n) is 15.2. The number of nitrogens with two attached hydrogens (primary N) is 3. The summed E-state index contributed by atoms with van der Waals surface area (Å²) in [5, 5.41) is 11.0. The normalized spacial score (nSPS) is 17.0. The van der Waals surface area contributed by atoms with Crippen LogP contribution in [0.5, 0.6) is 11.5 Å². The number of benzene rings is 3. The maximum Gasteiger partial charge on any atom is 0.252 e. The van der Waals surface area contributed by atoms with Crippen molar-refractivity contribution in [2.24, 2.45) is 17.2 Å². The van der Waals surface area contributed by atoms with Gasteiger partial charge in [0.25, 0.3) is 5.91 Å². The Morgan fingerprint density at radius 3 is 2.15 bits per heavy atom. The molecule has 3 aromatic rings. The van der Waals surface area contributed by atoms with Crippen LogP contribution in [0.4, 0.5) is 0 Å². The lowest BCUT2D eigenvalue weighted by atomic mass is 9.93. The number of carbonyl (C=O) groups is 5. The smallest absolute Gasteiger partial charge is 0.252 e. The van der Waals surface area contributed by atoms with Gasteiger partial charge in [0, 0.05) is 50.3 Å². The van der Waals surface area contributed by atoms with Gasteiger partial charge in [-0.15, -0.1) is 0 Å². The molecule has 1 aliphatic heterocycles. The third-order valence-electron chi connectivity index (χ3n) is 10.6. The standard InChI is InChI=1S/C45H64N8O7/c1-6-7-8-9-10-11-30-12-15-33(28(2)24-30)42(55)51-36(18-19-46)45(58)53(5)40-32-14-17-39(60-23-21-48)35(27-32)34-25-31(13-16-38(34)59-22-20-47)26-37(43(56)49-4)52-41(54)29(3)50-44(40)57/h12-17,24-25,27,29,36-37,40H,6-11,18-23,26,46-48H2,1-5H3,(H,49,56)(H,50,57)(H,51,55)(H,52,54)/t29-,36-,37-,40-/m0/s1. The fourth-order valence-corrected chi connectivity index (χ4v) is 7.36. The number of amides is 5. The number of hydrogen-bond acceptors (Lipinski definition) is 10. The van der Waals surface area contributed by atoms with Crippen LogP contribution >= 0.6 is 0 Å². The van der Waals surface area contributed by atoms with Gasteiger partial charge >= 0.3 is 0 Å². The van der Waals surface area contributed by atoms with Crippen molar-refractivity contribution in [2.75, 3.05) is 46.9 Å². The van der Waals surface area contributed by atoms with Crippen LogP contribution in [0.2, 0.25) is 0 Å². The highest BCUT2D eigenvalue weighted by atomic mass is 16.5. The van der Waals surface area contributed by atoms with Crippen LogP contribution in [-0.2, 0) is 32.0 Å². The molecule has 0 fully saturated rings. The molecule has 4 rings (SSSR count). The Kier molecular flexibility index (Phi) is 18.3. The Hall–Kier alpha value is -5.51. The van der Waals surface area contributed by atoms with Gasteiger partial charge in [-0.25, -0.2) is 0 Å². The lowest BCUT2D eigenvalue weighted by Gasteiger charge is -2.32. The van der Waals surface area contributed by atoms with Gasteiger partial charge in [-0.05, 0) is 92.2 Å². The molecule has 15 heteroatoms. The Labute approximate surface area is 353 Å². The largest absolute Gasteiger partial charge is 0.492 e. The van der Waals surface area contributed by atoms with Gasteiger partial charge in [0.05, 0.1) is 0 Å². The average Bonchev–Trinajstić information content (AvgIpc) is 3.23. The zero-order valence-electron chi connectivity index (χ0n) is 35.7. The van der Waals surface area contributed by atoms with Crippen molar-refractivity contribution in [3.63, 3.8) is 0 Å². The summed E-state index contributed by atoms with van der Waals surface area (Å²) in [4.78, 5) is 70.7. The maximum atomic E-state index is 14.5. The lowest BCUT2D eigenvalue weighted by Crippen LogP contribution is -2.55. The number of aryl methyl sites for hydroxylation is 2. The number of likely N-dealkylation sites (N-methyl/N-ethyl adjacent to an activating group) is 2. The van der Waals surface area contributed by atoms with Crippen molar-refractivity contribution in [3.05, 3.63) is 82.4 Å². The van der Waals surface area contributed by atoms with Crippen molar-refractivity contribution >= 4 is 29.5 Å². The molecule has 10 N–H and O–H groups in total. The minimum atomic E-state index is -1.32. The summed E-state index contributed by atoms with van der Waals surface area (Å²) in [6, 6.07) is 11.7. The quantitative estimate of drug-likeness (QED) is 0.0874. The first-order valence-electron chi connectivity index (χ1n) is 21.0. The molecule has 0 aliphatic carbocycles. The number of carbonyl (C=O) groups excluding carboxylic acids is 5. The fraction of sp³-hybridized carbons (Fsp3) is 0.489. The van der Waals surface area contributed by atoms with Crippen molar-refractivity contribution in [3.8, 4) is 22.6 Å². The predicted molar refractivity (Wildman–Crippen MR) is 232 cm³/mol. The van der Waals surface area contributed by atoms with E-state index >= 15 is 0 Å². The molecule has 60 heavy (non-hydrogen) atoms. The summed E-state index contributed by atoms with van der Waals surface area (Å²) in [5.41, 5.74) is 22.2. The third kappa shape index (κ3) is 12.5. The van der Waals surface area contributed by atoms with E-state index in [4.69, 9.17) is 26.7 Å². The predicted octanol–water partition coefficient (Wildman–Crippen LogP) is 2.79. The highest BCUT2D eigenvalue weighted by Crippen LogP contribution is 2.40. The second kappa shape index (κ2) is 23.3. The summed E-state index contributed by atoms with van der Waals surface area (Å²) in [5.74, 6) is -1.87. The average molecular weight is 829 g/mol. The number of nitrogens with zero attached hydrogens (tertiary/aromatic N) is 1. The molecule has 3 aromatic carbocycles. The van der Waals surface area contributed by atoms with E-state index in [1.807, 2.05) is 25.1 Å². The van der Waals surface area contributed by atoms with Crippen molar-refractivity contribution in [1.82, 2.24) is 26.2 Å². The number of ether oxygens (including phenoxy) is 2. The van der Waals surface area contributed by atoms with Crippen molar-refractivity contribution < 1.29 is 33.4 Å². The molecular weight excluding hydrogens is 765 g/mol. The maximum absolute atomic E-state index is 14.5. The van der Waals surface area contributed by atoms with Crippen molar-refractivity contribution in [2.45, 2.75) is 96.3 Å². The van der Waals surface area contributed by atoms with Gasteiger partial charge in [-0.3, -0.25) is 24.0 Å². The summed E-state index contributed by atoms with van der Waals surface area (Å²) < 4.78 is 12.2. The van der Waals surface area contributed by atoms with Crippen LogP contribution < -0.4 is 47.9 Å². The molecule has 15 nitrogen and oxygen atoms in total. The Morgan fingerprint density at radius 1 is 0.850 bits per heavy atom. The van der Waals surface area contributed by atoms with E-state index in [2.05, 4.69) is 28.2 Å². The SMILES string of the molecule is CCCCCCCc1ccc(C(=O)N[C@@H](CCN)C(=O)N(C)[C@@H]2C(=O)N[C@@H](C)C(=O)N[C@H](C(=O)NC)Cc3ccc(OCCN)c(c3)-c3cc2ccc3OCCN)c(C)c1. The molecular formula is C45H64N8O7. The van der Waals surface area contributed by atoms with Crippen molar-refractivity contribution in [1.29, 1.82) is 0 Å². The van der Waals surface area contributed by atoms with Crippen LogP contribution in [0, 0.1) is 6.92 Å². The van der Waals surface area contributed by atoms with Crippen LogP contribution in [0.1, 0.15) is 91.0 Å². The molecule has 0 spiro atoms. The summed E-state index contributed by atoms with van der Waals surface area (Å²) in [6.45, 7) is 6.46. The molecule has 0 radical (unpaired) electrons. The van der Waals surface area contributed by atoms with E-state index in [0.717, 1.165) is 30.4 Å². The highest BCUT2D eigenvalue weighted by molar-refractivity contribution is 6.00. The first-order chi connectivity index (χ1) is 28.9. The Morgan fingerprint density at radius 2 is 1.52 bits per heavy atom. The molecule has 0 saturated heterocycles. The summed E-state index contributed by atoms with van der Waals surface area (Å²) >= 11 is 0.